The van der Waals surface area contributed by atoms with Gasteiger partial charge in [0.05, 0.1) is 30.0 Å². The average molecular weight is 395 g/mol. The normalized spacial score (nSPS) is 10.9. The molecule has 3 heterocycles. The monoisotopic (exact) mass is 395 g/mol. The van der Waals surface area contributed by atoms with Crippen LogP contribution in [-0.2, 0) is 0 Å². The first-order valence-corrected chi connectivity index (χ1v) is 8.52. The Bertz CT molecular complexity index is 1320. The number of nitrogens with zero attached hydrogens (tertiary/aromatic N) is 2. The number of hydrogen-bond donors (Lipinski definition) is 2. The zero-order chi connectivity index (χ0) is 19.8. The van der Waals surface area contributed by atoms with Gasteiger partial charge in [0.2, 0.25) is 0 Å². The molecule has 0 unspecified atom stereocenters. The fraction of sp³-hybridized carbons (Fsp3) is 0.0526. The molecule has 0 spiro atoms. The smallest absolute Gasteiger partial charge is 0.336 e. The highest BCUT2D eigenvalue weighted by atomic mass is 32.1. The van der Waals surface area contributed by atoms with Gasteiger partial charge in [0.25, 0.3) is 5.56 Å². The Balaban J connectivity index is 2.21. The number of carbonyl (C=O) groups is 1. The van der Waals surface area contributed by atoms with E-state index in [9.17, 15) is 14.7 Å². The number of methoxy groups -OCH3 is 1. The summed E-state index contributed by atoms with van der Waals surface area (Å²) in [6, 6.07) is 11.6. The second-order valence-electron chi connectivity index (χ2n) is 5.80. The van der Waals surface area contributed by atoms with Crippen LogP contribution in [0.5, 0.6) is 5.75 Å². The third-order valence-corrected chi connectivity index (χ3v) is 4.48. The van der Waals surface area contributed by atoms with Gasteiger partial charge in [-0.25, -0.2) is 9.78 Å². The topological polar surface area (TPSA) is 110 Å². The van der Waals surface area contributed by atoms with Crippen molar-refractivity contribution in [1.82, 2.24) is 14.5 Å². The van der Waals surface area contributed by atoms with E-state index in [1.807, 2.05) is 0 Å². The molecule has 0 atom stereocenters. The number of furan rings is 1. The lowest BCUT2D eigenvalue weighted by Gasteiger charge is -2.15. The standard InChI is InChI=1S/C19H13N3O5S/c1-26-14-6-3-2-5-12(14)22-16-15(17(23)21-19(22)28)10(18(24)25)9-11(20-16)13-7-4-8-27-13/h2-9H,1H3,(H,24,25)(H,21,23,28). The molecular formula is C19H13N3O5S. The summed E-state index contributed by atoms with van der Waals surface area (Å²) in [5.41, 5.74) is 0.0122. The van der Waals surface area contributed by atoms with Crippen LogP contribution in [0.15, 0.2) is 57.9 Å². The molecule has 0 bridgehead atoms. The maximum Gasteiger partial charge on any atom is 0.336 e. The fourth-order valence-corrected chi connectivity index (χ4v) is 3.26. The molecule has 0 saturated carbocycles. The van der Waals surface area contributed by atoms with Crippen LogP contribution < -0.4 is 10.3 Å². The number of aromatic amines is 1. The number of nitrogens with one attached hydrogen (secondary N) is 1. The minimum absolute atomic E-state index is 0.0578. The average Bonchev–Trinajstić information content (AvgIpc) is 3.22. The van der Waals surface area contributed by atoms with Gasteiger partial charge in [-0.2, -0.15) is 0 Å². The summed E-state index contributed by atoms with van der Waals surface area (Å²) < 4.78 is 12.3. The van der Waals surface area contributed by atoms with E-state index >= 15 is 0 Å². The van der Waals surface area contributed by atoms with Gasteiger partial charge in [-0.05, 0) is 42.5 Å². The van der Waals surface area contributed by atoms with Crippen molar-refractivity contribution in [3.05, 3.63) is 69.4 Å². The third kappa shape index (κ3) is 2.78. The first-order chi connectivity index (χ1) is 13.5. The molecule has 1 aromatic carbocycles. The lowest BCUT2D eigenvalue weighted by molar-refractivity contribution is 0.0699. The zero-order valence-corrected chi connectivity index (χ0v) is 15.3. The van der Waals surface area contributed by atoms with Crippen LogP contribution in [0.1, 0.15) is 10.4 Å². The van der Waals surface area contributed by atoms with E-state index in [4.69, 9.17) is 21.4 Å². The molecule has 28 heavy (non-hydrogen) atoms. The van der Waals surface area contributed by atoms with Crippen molar-refractivity contribution in [3.8, 4) is 22.9 Å². The Morgan fingerprint density at radius 3 is 2.75 bits per heavy atom. The second kappa shape index (κ2) is 6.78. The summed E-state index contributed by atoms with van der Waals surface area (Å²) in [5, 5.41) is 9.59. The largest absolute Gasteiger partial charge is 0.495 e. The molecule has 4 rings (SSSR count). The molecule has 0 radical (unpaired) electrons. The predicted octanol–water partition coefficient (Wildman–Crippen LogP) is 3.41. The Labute approximate surface area is 162 Å². The molecular weight excluding hydrogens is 382 g/mol. The number of aromatic carboxylic acids is 1. The molecule has 0 saturated heterocycles. The molecule has 2 N–H and O–H groups in total. The predicted molar refractivity (Wildman–Crippen MR) is 104 cm³/mol. The number of H-pyrrole nitrogens is 1. The van der Waals surface area contributed by atoms with Crippen molar-refractivity contribution in [2.24, 2.45) is 0 Å². The number of aromatic nitrogens is 3. The summed E-state index contributed by atoms with van der Waals surface area (Å²) >= 11 is 5.35. The van der Waals surface area contributed by atoms with E-state index in [2.05, 4.69) is 9.97 Å². The van der Waals surface area contributed by atoms with Gasteiger partial charge in [-0.3, -0.25) is 14.3 Å². The summed E-state index contributed by atoms with van der Waals surface area (Å²) in [7, 11) is 1.50. The number of ether oxygens (including phenoxy) is 1. The van der Waals surface area contributed by atoms with Crippen molar-refractivity contribution >= 4 is 29.2 Å². The van der Waals surface area contributed by atoms with Crippen molar-refractivity contribution in [3.63, 3.8) is 0 Å². The highest BCUT2D eigenvalue weighted by Gasteiger charge is 2.21. The van der Waals surface area contributed by atoms with Crippen LogP contribution in [0.3, 0.4) is 0 Å². The van der Waals surface area contributed by atoms with Crippen molar-refractivity contribution in [2.75, 3.05) is 7.11 Å². The van der Waals surface area contributed by atoms with Crippen LogP contribution in [0.25, 0.3) is 28.2 Å². The molecule has 4 aromatic rings. The minimum Gasteiger partial charge on any atom is -0.495 e. The summed E-state index contributed by atoms with van der Waals surface area (Å²) in [5.74, 6) is -0.425. The quantitative estimate of drug-likeness (QED) is 0.510. The Kier molecular flexibility index (Phi) is 4.28. The molecule has 0 fully saturated rings. The van der Waals surface area contributed by atoms with E-state index in [1.54, 1.807) is 36.4 Å². The van der Waals surface area contributed by atoms with Crippen LogP contribution in [-0.4, -0.2) is 32.7 Å². The second-order valence-corrected chi connectivity index (χ2v) is 6.19. The summed E-state index contributed by atoms with van der Waals surface area (Å²) in [6.07, 6.45) is 1.45. The molecule has 0 aliphatic rings. The number of hydrogen-bond acceptors (Lipinski definition) is 6. The van der Waals surface area contributed by atoms with E-state index in [1.165, 1.54) is 24.0 Å². The van der Waals surface area contributed by atoms with Crippen LogP contribution in [0.2, 0.25) is 0 Å². The van der Waals surface area contributed by atoms with Gasteiger partial charge in [-0.15, -0.1) is 0 Å². The molecule has 0 aliphatic carbocycles. The zero-order valence-electron chi connectivity index (χ0n) is 14.5. The van der Waals surface area contributed by atoms with Crippen LogP contribution in [0.4, 0.5) is 0 Å². The van der Waals surface area contributed by atoms with Gasteiger partial charge in [0, 0.05) is 0 Å². The Morgan fingerprint density at radius 2 is 2.07 bits per heavy atom. The molecule has 8 nitrogen and oxygen atoms in total. The number of fused-ring (bicyclic) bond motifs is 1. The van der Waals surface area contributed by atoms with Crippen molar-refractivity contribution in [1.29, 1.82) is 0 Å². The van der Waals surface area contributed by atoms with Gasteiger partial charge < -0.3 is 14.3 Å². The number of carboxylic acid groups (broad SMARTS) is 1. The highest BCUT2D eigenvalue weighted by molar-refractivity contribution is 7.71. The lowest BCUT2D eigenvalue weighted by atomic mass is 10.1. The number of pyridine rings is 1. The third-order valence-electron chi connectivity index (χ3n) is 4.19. The Hall–Kier alpha value is -3.72. The number of carboxylic acids is 1. The van der Waals surface area contributed by atoms with Crippen molar-refractivity contribution < 1.29 is 19.1 Å². The van der Waals surface area contributed by atoms with Gasteiger partial charge in [-0.1, -0.05) is 12.1 Å². The highest BCUT2D eigenvalue weighted by Crippen LogP contribution is 2.28. The first kappa shape index (κ1) is 17.7. The fourth-order valence-electron chi connectivity index (χ4n) is 2.99. The van der Waals surface area contributed by atoms with E-state index in [0.717, 1.165) is 0 Å². The van der Waals surface area contributed by atoms with Gasteiger partial charge in [0.15, 0.2) is 16.2 Å². The maximum absolute atomic E-state index is 12.6. The Morgan fingerprint density at radius 1 is 1.29 bits per heavy atom. The molecule has 9 heteroatoms. The summed E-state index contributed by atoms with van der Waals surface area (Å²) in [6.45, 7) is 0. The molecule has 0 amide bonds. The first-order valence-electron chi connectivity index (χ1n) is 8.12. The van der Waals surface area contributed by atoms with Gasteiger partial charge >= 0.3 is 5.97 Å². The molecule has 140 valence electrons. The van der Waals surface area contributed by atoms with Crippen molar-refractivity contribution in [2.45, 2.75) is 0 Å². The SMILES string of the molecule is COc1ccccc1-n1c(=S)[nH]c(=O)c2c(C(=O)O)cc(-c3ccco3)nc21. The van der Waals surface area contributed by atoms with Gasteiger partial charge in [0.1, 0.15) is 11.4 Å². The van der Waals surface area contributed by atoms with E-state index < -0.39 is 11.5 Å². The lowest BCUT2D eigenvalue weighted by Crippen LogP contribution is -2.18. The molecule has 3 aromatic heterocycles. The minimum atomic E-state index is -1.27. The summed E-state index contributed by atoms with van der Waals surface area (Å²) in [4.78, 5) is 31.5. The van der Waals surface area contributed by atoms with E-state index in [-0.39, 0.29) is 27.1 Å². The maximum atomic E-state index is 12.6. The van der Waals surface area contributed by atoms with E-state index in [0.29, 0.717) is 17.2 Å². The van der Waals surface area contributed by atoms with Crippen LogP contribution in [0, 0.1) is 4.77 Å². The van der Waals surface area contributed by atoms with Crippen LogP contribution >= 0.6 is 12.2 Å². The number of rotatable bonds is 4. The number of benzene rings is 1. The number of para-hydroxylation sites is 2. The molecule has 0 aliphatic heterocycles.